The number of anilines is 1. The molecule has 0 aliphatic carbocycles. The Hall–Kier alpha value is -2.45. The van der Waals surface area contributed by atoms with Crippen molar-refractivity contribution in [1.82, 2.24) is 4.98 Å². The highest BCUT2D eigenvalue weighted by Crippen LogP contribution is 2.37. The Balaban J connectivity index is 1.75. The summed E-state index contributed by atoms with van der Waals surface area (Å²) in [6.45, 7) is 0.654. The van der Waals surface area contributed by atoms with E-state index in [0.717, 1.165) is 0 Å². The zero-order valence-electron chi connectivity index (χ0n) is 14.3. The van der Waals surface area contributed by atoms with Gasteiger partial charge in [0, 0.05) is 17.3 Å². The second kappa shape index (κ2) is 7.52. The number of aromatic nitrogens is 1. The van der Waals surface area contributed by atoms with Crippen LogP contribution >= 0.6 is 31.9 Å². The van der Waals surface area contributed by atoms with Gasteiger partial charge >= 0.3 is 0 Å². The molecule has 0 saturated carbocycles. The predicted molar refractivity (Wildman–Crippen MR) is 110 cm³/mol. The summed E-state index contributed by atoms with van der Waals surface area (Å²) in [6.07, 6.45) is 1.59. The van der Waals surface area contributed by atoms with E-state index in [1.54, 1.807) is 41.4 Å². The number of carbonyl (C=O) groups excluding carboxylic acids is 1. The molecule has 1 aliphatic rings. The van der Waals surface area contributed by atoms with E-state index in [2.05, 4.69) is 36.8 Å². The van der Waals surface area contributed by atoms with Crippen molar-refractivity contribution < 1.29 is 19.0 Å². The van der Waals surface area contributed by atoms with E-state index in [9.17, 15) is 14.3 Å². The van der Waals surface area contributed by atoms with Gasteiger partial charge in [-0.2, -0.15) is 0 Å². The number of phenolic OH excluding ortho intramolecular Hbond substituents is 1. The fraction of sp³-hybridized carbons (Fsp3) is 0.100. The number of ether oxygens (including phenoxy) is 1. The normalized spacial score (nSPS) is 13.0. The van der Waals surface area contributed by atoms with Crippen molar-refractivity contribution in [3.8, 4) is 22.8 Å². The lowest BCUT2D eigenvalue weighted by molar-refractivity contribution is 0.0975. The number of rotatable bonds is 2. The monoisotopic (exact) mass is 506 g/mol. The molecule has 1 aliphatic heterocycles. The minimum Gasteiger partial charge on any atom is -0.506 e. The number of fused-ring (bicyclic) bond motifs is 1. The highest BCUT2D eigenvalue weighted by Gasteiger charge is 2.27. The van der Waals surface area contributed by atoms with Crippen LogP contribution in [0.5, 0.6) is 11.6 Å². The first-order valence-corrected chi connectivity index (χ1v) is 9.91. The maximum atomic E-state index is 13.6. The largest absolute Gasteiger partial charge is 0.506 e. The lowest BCUT2D eigenvalue weighted by Crippen LogP contribution is -2.38. The number of pyridine rings is 1. The number of hydrogen-bond acceptors (Lipinski definition) is 4. The van der Waals surface area contributed by atoms with Crippen LogP contribution in [0.3, 0.4) is 0 Å². The molecule has 8 heteroatoms. The molecule has 2 heterocycles. The number of carbonyl (C=O) groups is 1. The van der Waals surface area contributed by atoms with Crippen LogP contribution in [0.15, 0.2) is 57.6 Å². The molecule has 1 aromatic heterocycles. The summed E-state index contributed by atoms with van der Waals surface area (Å²) in [5.41, 5.74) is 2.23. The smallest absolute Gasteiger partial charge is 0.258 e. The summed E-state index contributed by atoms with van der Waals surface area (Å²) in [4.78, 5) is 19.0. The summed E-state index contributed by atoms with van der Waals surface area (Å²) >= 11 is 6.49. The second-order valence-electron chi connectivity index (χ2n) is 6.15. The third-order valence-corrected chi connectivity index (χ3v) is 5.55. The van der Waals surface area contributed by atoms with Crippen LogP contribution in [0.2, 0.25) is 0 Å². The summed E-state index contributed by atoms with van der Waals surface area (Å²) in [5.74, 6) is -0.243. The van der Waals surface area contributed by atoms with E-state index in [4.69, 9.17) is 4.74 Å². The van der Waals surface area contributed by atoms with Gasteiger partial charge in [-0.15, -0.1) is 0 Å². The van der Waals surface area contributed by atoms with Crippen LogP contribution in [0.1, 0.15) is 10.4 Å². The topological polar surface area (TPSA) is 62.7 Å². The molecule has 0 spiro atoms. The zero-order chi connectivity index (χ0) is 19.8. The quantitative estimate of drug-likeness (QED) is 0.520. The third-order valence-electron chi connectivity index (χ3n) is 4.34. The molecule has 1 amide bonds. The van der Waals surface area contributed by atoms with Gasteiger partial charge in [-0.05, 0) is 67.8 Å². The molecule has 0 saturated heterocycles. The van der Waals surface area contributed by atoms with Crippen molar-refractivity contribution in [2.24, 2.45) is 0 Å². The summed E-state index contributed by atoms with van der Waals surface area (Å²) < 4.78 is 20.0. The van der Waals surface area contributed by atoms with Crippen LogP contribution < -0.4 is 9.64 Å². The van der Waals surface area contributed by atoms with Gasteiger partial charge in [0.1, 0.15) is 23.9 Å². The van der Waals surface area contributed by atoms with Gasteiger partial charge in [0.2, 0.25) is 5.88 Å². The van der Waals surface area contributed by atoms with Crippen LogP contribution in [0.25, 0.3) is 11.1 Å². The third kappa shape index (κ3) is 3.49. The fourth-order valence-corrected chi connectivity index (χ4v) is 4.17. The fourth-order valence-electron chi connectivity index (χ4n) is 2.98. The van der Waals surface area contributed by atoms with Gasteiger partial charge in [-0.1, -0.05) is 12.1 Å². The summed E-state index contributed by atoms with van der Waals surface area (Å²) in [7, 11) is 0. The van der Waals surface area contributed by atoms with E-state index in [-0.39, 0.29) is 17.5 Å². The van der Waals surface area contributed by atoms with Crippen molar-refractivity contribution in [2.45, 2.75) is 0 Å². The molecule has 0 bridgehead atoms. The summed E-state index contributed by atoms with van der Waals surface area (Å²) in [6, 6.07) is 11.1. The lowest BCUT2D eigenvalue weighted by atomic mass is 10.1. The van der Waals surface area contributed by atoms with E-state index in [1.165, 1.54) is 12.1 Å². The van der Waals surface area contributed by atoms with E-state index in [1.807, 2.05) is 0 Å². The Morgan fingerprint density at radius 1 is 1.14 bits per heavy atom. The maximum absolute atomic E-state index is 13.6. The van der Waals surface area contributed by atoms with Crippen molar-refractivity contribution >= 4 is 43.5 Å². The molecule has 0 radical (unpaired) electrons. The Morgan fingerprint density at radius 3 is 2.61 bits per heavy atom. The van der Waals surface area contributed by atoms with Crippen molar-refractivity contribution in [3.63, 3.8) is 0 Å². The zero-order valence-corrected chi connectivity index (χ0v) is 17.5. The van der Waals surface area contributed by atoms with Gasteiger partial charge < -0.3 is 14.7 Å². The van der Waals surface area contributed by atoms with Crippen LogP contribution in [-0.4, -0.2) is 29.1 Å². The molecule has 142 valence electrons. The van der Waals surface area contributed by atoms with Crippen LogP contribution in [-0.2, 0) is 0 Å². The van der Waals surface area contributed by atoms with Gasteiger partial charge in [-0.3, -0.25) is 4.79 Å². The maximum Gasteiger partial charge on any atom is 0.258 e. The molecule has 0 atom stereocenters. The van der Waals surface area contributed by atoms with E-state index >= 15 is 0 Å². The summed E-state index contributed by atoms with van der Waals surface area (Å²) in [5, 5.41) is 9.89. The number of aromatic hydroxyl groups is 1. The number of benzene rings is 2. The minimum absolute atomic E-state index is 0.0222. The van der Waals surface area contributed by atoms with Crippen molar-refractivity contribution in [3.05, 3.63) is 69.0 Å². The molecule has 4 rings (SSSR count). The first-order chi connectivity index (χ1) is 13.4. The van der Waals surface area contributed by atoms with Crippen molar-refractivity contribution in [2.75, 3.05) is 18.1 Å². The average molecular weight is 508 g/mol. The Bertz CT molecular complexity index is 1070. The SMILES string of the molecule is O=C(c1cc(Br)c(O)c(Br)c1)N1CCOc2ncc(-c3cccc(F)c3)cc21. The van der Waals surface area contributed by atoms with Gasteiger partial charge in [0.25, 0.3) is 5.91 Å². The van der Waals surface area contributed by atoms with Gasteiger partial charge in [-0.25, -0.2) is 9.37 Å². The molecule has 28 heavy (non-hydrogen) atoms. The Kier molecular flexibility index (Phi) is 5.07. The first kappa shape index (κ1) is 18.9. The molecule has 5 nitrogen and oxygen atoms in total. The molecule has 0 fully saturated rings. The standard InChI is InChI=1S/C20H13Br2FN2O3/c21-15-7-12(8-16(22)18(15)26)20(27)25-4-5-28-19-17(25)9-13(10-24-19)11-2-1-3-14(23)6-11/h1-3,6-10,26H,4-5H2. The number of nitrogens with zero attached hydrogens (tertiary/aromatic N) is 2. The molecule has 2 aromatic carbocycles. The number of halogens is 3. The predicted octanol–water partition coefficient (Wildman–Crippen LogP) is 5.16. The first-order valence-electron chi connectivity index (χ1n) is 8.32. The number of amides is 1. The van der Waals surface area contributed by atoms with Crippen LogP contribution in [0, 0.1) is 5.82 Å². The Morgan fingerprint density at radius 2 is 1.89 bits per heavy atom. The van der Waals surface area contributed by atoms with E-state index < -0.39 is 0 Å². The molecule has 0 unspecified atom stereocenters. The highest BCUT2D eigenvalue weighted by molar-refractivity contribution is 9.11. The van der Waals surface area contributed by atoms with Gasteiger partial charge in [0.15, 0.2) is 0 Å². The second-order valence-corrected chi connectivity index (χ2v) is 7.86. The van der Waals surface area contributed by atoms with E-state index in [0.29, 0.717) is 50.4 Å². The molecule has 3 aromatic rings. The number of phenols is 1. The van der Waals surface area contributed by atoms with Crippen LogP contribution in [0.4, 0.5) is 10.1 Å². The average Bonchev–Trinajstić information content (AvgIpc) is 2.70. The Labute approximate surface area is 177 Å². The minimum atomic E-state index is -0.349. The number of hydrogen-bond donors (Lipinski definition) is 1. The van der Waals surface area contributed by atoms with Crippen molar-refractivity contribution in [1.29, 1.82) is 0 Å². The van der Waals surface area contributed by atoms with Gasteiger partial charge in [0.05, 0.1) is 15.5 Å². The molecule has 1 N–H and O–H groups in total. The highest BCUT2D eigenvalue weighted by atomic mass is 79.9. The molecular weight excluding hydrogens is 495 g/mol. The lowest BCUT2D eigenvalue weighted by Gasteiger charge is -2.29. The molecular formula is C20H13Br2FN2O3.